The number of primary sulfonamides is 1. The van der Waals surface area contributed by atoms with Gasteiger partial charge < -0.3 is 0 Å². The maximum absolute atomic E-state index is 11.3. The zero-order valence-electron chi connectivity index (χ0n) is 11.5. The normalized spacial score (nSPS) is 14.6. The van der Waals surface area contributed by atoms with Crippen LogP contribution in [0.5, 0.6) is 0 Å². The van der Waals surface area contributed by atoms with E-state index in [-0.39, 0.29) is 4.90 Å². The van der Waals surface area contributed by atoms with Crippen LogP contribution >= 0.6 is 11.6 Å². The van der Waals surface area contributed by atoms with Crippen molar-refractivity contribution in [3.8, 4) is 0 Å². The lowest BCUT2D eigenvalue weighted by Gasteiger charge is -2.20. The molecule has 3 rings (SSSR count). The van der Waals surface area contributed by atoms with Crippen molar-refractivity contribution < 1.29 is 8.42 Å². The Morgan fingerprint density at radius 2 is 1.68 bits per heavy atom. The van der Waals surface area contributed by atoms with Crippen LogP contribution in [0.2, 0.25) is 5.02 Å². The highest BCUT2D eigenvalue weighted by Gasteiger charge is 2.16. The highest BCUT2D eigenvalue weighted by atomic mass is 35.5. The van der Waals surface area contributed by atoms with E-state index >= 15 is 0 Å². The van der Waals surface area contributed by atoms with Crippen molar-refractivity contribution in [1.82, 2.24) is 5.43 Å². The molecule has 2 aromatic rings. The van der Waals surface area contributed by atoms with Gasteiger partial charge in [0.25, 0.3) is 0 Å². The van der Waals surface area contributed by atoms with Crippen LogP contribution in [0.4, 0.5) is 5.69 Å². The minimum Gasteiger partial charge on any atom is -0.298 e. The number of nitrogens with two attached hydrogens (primary N) is 1. The summed E-state index contributed by atoms with van der Waals surface area (Å²) in [7, 11) is -3.67. The molecular weight excluding hydrogens is 322 g/mol. The summed E-state index contributed by atoms with van der Waals surface area (Å²) in [6.07, 6.45) is 2.05. The number of rotatable bonds is 3. The lowest BCUT2D eigenvalue weighted by molar-refractivity contribution is 0.598. The number of hydrazine groups is 1. The first-order chi connectivity index (χ1) is 10.4. The first-order valence-corrected chi connectivity index (χ1v) is 8.49. The summed E-state index contributed by atoms with van der Waals surface area (Å²) in [5, 5.41) is 7.70. The van der Waals surface area contributed by atoms with Crippen LogP contribution in [0.1, 0.15) is 5.56 Å². The molecule has 1 aliphatic heterocycles. The number of hydrogen-bond donors (Lipinski definition) is 2. The second-order valence-corrected chi connectivity index (χ2v) is 6.88. The molecule has 0 amide bonds. The van der Waals surface area contributed by atoms with E-state index < -0.39 is 10.0 Å². The van der Waals surface area contributed by atoms with Gasteiger partial charge in [-0.3, -0.25) is 10.4 Å². The molecule has 0 bridgehead atoms. The highest BCUT2D eigenvalue weighted by molar-refractivity contribution is 7.89. The van der Waals surface area contributed by atoms with E-state index in [1.807, 2.05) is 29.3 Å². The number of hydrogen-bond acceptors (Lipinski definition) is 4. The van der Waals surface area contributed by atoms with Gasteiger partial charge in [-0.25, -0.2) is 13.6 Å². The summed E-state index contributed by atoms with van der Waals surface area (Å²) in [4.78, 5) is 0.0985. The molecule has 7 heteroatoms. The van der Waals surface area contributed by atoms with Crippen molar-refractivity contribution in [2.24, 2.45) is 5.14 Å². The third kappa shape index (κ3) is 3.09. The Morgan fingerprint density at radius 3 is 2.27 bits per heavy atom. The molecule has 2 aromatic carbocycles. The average molecular weight is 336 g/mol. The Kier molecular flexibility index (Phi) is 3.82. The van der Waals surface area contributed by atoms with E-state index in [4.69, 9.17) is 16.7 Å². The van der Waals surface area contributed by atoms with E-state index in [2.05, 4.69) is 11.5 Å². The van der Waals surface area contributed by atoms with Crippen molar-refractivity contribution >= 4 is 33.0 Å². The topological polar surface area (TPSA) is 75.4 Å². The van der Waals surface area contributed by atoms with Crippen LogP contribution in [0.15, 0.2) is 59.5 Å². The molecule has 22 heavy (non-hydrogen) atoms. The van der Waals surface area contributed by atoms with Gasteiger partial charge in [-0.1, -0.05) is 23.7 Å². The first-order valence-electron chi connectivity index (χ1n) is 6.57. The van der Waals surface area contributed by atoms with Crippen LogP contribution in [0.25, 0.3) is 5.70 Å². The van der Waals surface area contributed by atoms with Gasteiger partial charge >= 0.3 is 0 Å². The van der Waals surface area contributed by atoms with Gasteiger partial charge in [-0.2, -0.15) is 0 Å². The summed E-state index contributed by atoms with van der Waals surface area (Å²) in [6, 6.07) is 14.0. The monoisotopic (exact) mass is 335 g/mol. The van der Waals surface area contributed by atoms with E-state index in [1.54, 1.807) is 12.1 Å². The summed E-state index contributed by atoms with van der Waals surface area (Å²) in [6.45, 7) is 0.673. The Labute approximate surface area is 134 Å². The third-order valence-electron chi connectivity index (χ3n) is 3.37. The molecule has 0 radical (unpaired) electrons. The van der Waals surface area contributed by atoms with E-state index in [0.29, 0.717) is 11.6 Å². The molecule has 0 aliphatic carbocycles. The van der Waals surface area contributed by atoms with Crippen LogP contribution in [0.3, 0.4) is 0 Å². The summed E-state index contributed by atoms with van der Waals surface area (Å²) < 4.78 is 22.5. The fourth-order valence-corrected chi connectivity index (χ4v) is 2.86. The van der Waals surface area contributed by atoms with Gasteiger partial charge in [0, 0.05) is 5.02 Å². The zero-order chi connectivity index (χ0) is 15.7. The lowest BCUT2D eigenvalue weighted by Crippen LogP contribution is -2.31. The Morgan fingerprint density at radius 1 is 1.05 bits per heavy atom. The first kappa shape index (κ1) is 14.9. The molecular formula is C15H14ClN3O2S. The van der Waals surface area contributed by atoms with Crippen molar-refractivity contribution in [1.29, 1.82) is 0 Å². The smallest absolute Gasteiger partial charge is 0.238 e. The molecule has 0 saturated heterocycles. The lowest BCUT2D eigenvalue weighted by atomic mass is 10.1. The summed E-state index contributed by atoms with van der Waals surface area (Å²) in [5.41, 5.74) is 6.14. The molecule has 0 spiro atoms. The van der Waals surface area contributed by atoms with Crippen molar-refractivity contribution in [2.45, 2.75) is 4.90 Å². The fraction of sp³-hybridized carbons (Fsp3) is 0.0667. The SMILES string of the molecule is NS(=O)(=O)c1ccc(N2CC=C(c3ccc(Cl)cc3)N2)cc1. The summed E-state index contributed by atoms with van der Waals surface area (Å²) >= 11 is 5.88. The van der Waals surface area contributed by atoms with Gasteiger partial charge in [-0.15, -0.1) is 0 Å². The molecule has 3 N–H and O–H groups in total. The fourth-order valence-electron chi connectivity index (χ4n) is 2.22. The Hall–Kier alpha value is -2.02. The molecule has 0 aromatic heterocycles. The van der Waals surface area contributed by atoms with Crippen LogP contribution in [-0.2, 0) is 10.0 Å². The maximum atomic E-state index is 11.3. The quantitative estimate of drug-likeness (QED) is 0.902. The van der Waals surface area contributed by atoms with Gasteiger partial charge in [-0.05, 0) is 48.0 Å². The number of nitrogens with one attached hydrogen (secondary N) is 1. The number of benzene rings is 2. The van der Waals surface area contributed by atoms with Crippen molar-refractivity contribution in [3.05, 3.63) is 65.2 Å². The second-order valence-electron chi connectivity index (χ2n) is 4.89. The summed E-state index contributed by atoms with van der Waals surface area (Å²) in [5.74, 6) is 0. The maximum Gasteiger partial charge on any atom is 0.238 e. The largest absolute Gasteiger partial charge is 0.298 e. The molecule has 0 saturated carbocycles. The predicted molar refractivity (Wildman–Crippen MR) is 87.7 cm³/mol. The molecule has 114 valence electrons. The zero-order valence-corrected chi connectivity index (χ0v) is 13.1. The number of nitrogens with zero attached hydrogens (tertiary/aromatic N) is 1. The minimum absolute atomic E-state index is 0.0985. The molecule has 0 atom stereocenters. The van der Waals surface area contributed by atoms with Crippen LogP contribution in [-0.4, -0.2) is 15.0 Å². The number of sulfonamides is 1. The van der Waals surface area contributed by atoms with Gasteiger partial charge in [0.15, 0.2) is 0 Å². The van der Waals surface area contributed by atoms with Crippen LogP contribution in [0, 0.1) is 0 Å². The minimum atomic E-state index is -3.67. The third-order valence-corrected chi connectivity index (χ3v) is 4.55. The van der Waals surface area contributed by atoms with Gasteiger partial charge in [0.2, 0.25) is 10.0 Å². The number of anilines is 1. The van der Waals surface area contributed by atoms with Gasteiger partial charge in [0.05, 0.1) is 22.8 Å². The molecule has 0 fully saturated rings. The number of halogens is 1. The Bertz CT molecular complexity index is 815. The highest BCUT2D eigenvalue weighted by Crippen LogP contribution is 2.23. The van der Waals surface area contributed by atoms with E-state index in [0.717, 1.165) is 16.9 Å². The molecule has 1 aliphatic rings. The van der Waals surface area contributed by atoms with Crippen LogP contribution < -0.4 is 15.6 Å². The van der Waals surface area contributed by atoms with E-state index in [9.17, 15) is 8.42 Å². The molecule has 0 unspecified atom stereocenters. The van der Waals surface area contributed by atoms with Crippen molar-refractivity contribution in [2.75, 3.05) is 11.6 Å². The molecule has 5 nitrogen and oxygen atoms in total. The molecule has 1 heterocycles. The van der Waals surface area contributed by atoms with Gasteiger partial charge in [0.1, 0.15) is 0 Å². The standard InChI is InChI=1S/C15H14ClN3O2S/c16-12-3-1-11(2-4-12)15-9-10-19(18-15)13-5-7-14(8-6-13)22(17,20)21/h1-9,18H,10H2,(H2,17,20,21). The predicted octanol–water partition coefficient (Wildman–Crippen LogP) is 2.35. The second kappa shape index (κ2) is 5.64. The van der Waals surface area contributed by atoms with E-state index in [1.165, 1.54) is 12.1 Å². The van der Waals surface area contributed by atoms with Crippen molar-refractivity contribution in [3.63, 3.8) is 0 Å². The Balaban J connectivity index is 1.75. The average Bonchev–Trinajstić information content (AvgIpc) is 2.97.